The van der Waals surface area contributed by atoms with Crippen molar-refractivity contribution >= 4 is 11.0 Å². The van der Waals surface area contributed by atoms with E-state index in [2.05, 4.69) is 25.4 Å². The van der Waals surface area contributed by atoms with Crippen molar-refractivity contribution in [2.24, 2.45) is 0 Å². The van der Waals surface area contributed by atoms with Gasteiger partial charge in [-0.15, -0.1) is 10.2 Å². The van der Waals surface area contributed by atoms with Crippen LogP contribution in [0, 0.1) is 0 Å². The third-order valence-electron chi connectivity index (χ3n) is 4.28. The summed E-state index contributed by atoms with van der Waals surface area (Å²) in [5.41, 5.74) is 1.06. The van der Waals surface area contributed by atoms with Crippen molar-refractivity contribution in [3.05, 3.63) is 64.9 Å². The van der Waals surface area contributed by atoms with Crippen LogP contribution >= 0.6 is 0 Å². The molecule has 8 heteroatoms. The Morgan fingerprint density at radius 3 is 2.84 bits per heavy atom. The van der Waals surface area contributed by atoms with Crippen LogP contribution < -0.4 is 5.56 Å². The SMILES string of the molecule is O=c1c2cn[nH]c2nc(-c2ccccc2)n1-c1nnc2n1CC=CC2. The number of hydrogen-bond acceptors (Lipinski definition) is 5. The van der Waals surface area contributed by atoms with E-state index in [1.54, 1.807) is 0 Å². The third-order valence-corrected chi connectivity index (χ3v) is 4.28. The summed E-state index contributed by atoms with van der Waals surface area (Å²) >= 11 is 0. The zero-order valence-electron chi connectivity index (χ0n) is 13.1. The standard InChI is InChI=1S/C17H13N7O/c25-16-12-10-18-21-14(12)19-15(11-6-2-1-3-7-11)24(16)17-22-20-13-8-4-5-9-23(13)17/h1-7,10H,8-9H2,(H,18,21). The summed E-state index contributed by atoms with van der Waals surface area (Å²) in [5, 5.41) is 15.6. The Morgan fingerprint density at radius 2 is 1.96 bits per heavy atom. The van der Waals surface area contributed by atoms with Crippen molar-refractivity contribution in [3.63, 3.8) is 0 Å². The van der Waals surface area contributed by atoms with Gasteiger partial charge in [-0.3, -0.25) is 14.5 Å². The number of H-pyrrole nitrogens is 1. The molecule has 1 aromatic carbocycles. The highest BCUT2D eigenvalue weighted by Gasteiger charge is 2.21. The Balaban J connectivity index is 1.87. The number of hydrogen-bond donors (Lipinski definition) is 1. The van der Waals surface area contributed by atoms with Gasteiger partial charge in [0.05, 0.1) is 6.20 Å². The van der Waals surface area contributed by atoms with Crippen molar-refractivity contribution in [3.8, 4) is 17.3 Å². The molecule has 0 spiro atoms. The predicted molar refractivity (Wildman–Crippen MR) is 91.3 cm³/mol. The van der Waals surface area contributed by atoms with E-state index < -0.39 is 0 Å². The van der Waals surface area contributed by atoms with E-state index in [0.717, 1.165) is 11.4 Å². The topological polar surface area (TPSA) is 94.3 Å². The van der Waals surface area contributed by atoms with Gasteiger partial charge < -0.3 is 0 Å². The fourth-order valence-electron chi connectivity index (χ4n) is 3.06. The monoisotopic (exact) mass is 331 g/mol. The maximum atomic E-state index is 13.1. The second-order valence-corrected chi connectivity index (χ2v) is 5.78. The molecule has 3 aromatic heterocycles. The van der Waals surface area contributed by atoms with Crippen LogP contribution in [0.2, 0.25) is 0 Å². The first-order chi connectivity index (χ1) is 12.3. The molecular formula is C17H13N7O. The van der Waals surface area contributed by atoms with E-state index in [-0.39, 0.29) is 5.56 Å². The first-order valence-electron chi connectivity index (χ1n) is 7.92. The summed E-state index contributed by atoms with van der Waals surface area (Å²) in [4.78, 5) is 17.7. The van der Waals surface area contributed by atoms with Gasteiger partial charge >= 0.3 is 0 Å². The van der Waals surface area contributed by atoms with Crippen molar-refractivity contribution < 1.29 is 0 Å². The van der Waals surface area contributed by atoms with Crippen LogP contribution in [0.1, 0.15) is 5.82 Å². The molecule has 0 aliphatic carbocycles. The summed E-state index contributed by atoms with van der Waals surface area (Å²) in [6, 6.07) is 9.56. The van der Waals surface area contributed by atoms with Gasteiger partial charge in [0.2, 0.25) is 5.95 Å². The van der Waals surface area contributed by atoms with E-state index >= 15 is 0 Å². The van der Waals surface area contributed by atoms with E-state index in [1.807, 2.05) is 47.1 Å². The number of benzene rings is 1. The number of rotatable bonds is 2. The number of nitrogens with zero attached hydrogens (tertiary/aromatic N) is 6. The Bertz CT molecular complexity index is 1170. The molecule has 8 nitrogen and oxygen atoms in total. The van der Waals surface area contributed by atoms with E-state index in [1.165, 1.54) is 10.8 Å². The molecule has 0 saturated heterocycles. The van der Waals surface area contributed by atoms with Crippen LogP contribution in [0.25, 0.3) is 28.4 Å². The summed E-state index contributed by atoms with van der Waals surface area (Å²) < 4.78 is 3.45. The highest BCUT2D eigenvalue weighted by Crippen LogP contribution is 2.21. The largest absolute Gasteiger partial charge is 0.292 e. The lowest BCUT2D eigenvalue weighted by Gasteiger charge is -2.14. The molecule has 25 heavy (non-hydrogen) atoms. The molecule has 122 valence electrons. The number of nitrogens with one attached hydrogen (secondary N) is 1. The highest BCUT2D eigenvalue weighted by molar-refractivity contribution is 5.76. The average Bonchev–Trinajstić information content (AvgIpc) is 3.29. The number of aromatic amines is 1. The maximum absolute atomic E-state index is 13.1. The Hall–Kier alpha value is -3.55. The van der Waals surface area contributed by atoms with Crippen molar-refractivity contribution in [1.82, 2.24) is 34.5 Å². The van der Waals surface area contributed by atoms with Crippen LogP contribution in [0.15, 0.2) is 53.5 Å². The van der Waals surface area contributed by atoms with Crippen LogP contribution in [0.4, 0.5) is 0 Å². The van der Waals surface area contributed by atoms with Gasteiger partial charge in [-0.25, -0.2) is 9.55 Å². The van der Waals surface area contributed by atoms with Crippen LogP contribution in [-0.2, 0) is 13.0 Å². The Labute approximate surface area is 141 Å². The smallest absolute Gasteiger partial charge is 0.271 e. The number of fused-ring (bicyclic) bond motifs is 2. The van der Waals surface area contributed by atoms with Crippen molar-refractivity contribution in [2.75, 3.05) is 0 Å². The molecule has 0 amide bonds. The summed E-state index contributed by atoms with van der Waals surface area (Å²) in [6.07, 6.45) is 6.27. The second kappa shape index (κ2) is 5.23. The normalized spacial score (nSPS) is 13.3. The molecule has 5 rings (SSSR count). The molecule has 4 heterocycles. The first-order valence-corrected chi connectivity index (χ1v) is 7.92. The van der Waals surface area contributed by atoms with Gasteiger partial charge in [0.1, 0.15) is 11.2 Å². The molecule has 4 aromatic rings. The summed E-state index contributed by atoms with van der Waals surface area (Å²) in [5.74, 6) is 1.81. The van der Waals surface area contributed by atoms with E-state index in [4.69, 9.17) is 0 Å². The minimum atomic E-state index is -0.220. The molecule has 1 N–H and O–H groups in total. The Kier molecular flexibility index (Phi) is 2.90. The lowest BCUT2D eigenvalue weighted by molar-refractivity contribution is 0.701. The zero-order chi connectivity index (χ0) is 16.8. The molecule has 0 radical (unpaired) electrons. The highest BCUT2D eigenvalue weighted by atomic mass is 16.1. The summed E-state index contributed by atoms with van der Waals surface area (Å²) in [6.45, 7) is 0.627. The summed E-state index contributed by atoms with van der Waals surface area (Å²) in [7, 11) is 0. The first kappa shape index (κ1) is 13.8. The maximum Gasteiger partial charge on any atom is 0.271 e. The fraction of sp³-hybridized carbons (Fsp3) is 0.118. The zero-order valence-corrected chi connectivity index (χ0v) is 13.1. The van der Waals surface area contributed by atoms with Crippen molar-refractivity contribution in [2.45, 2.75) is 13.0 Å². The molecule has 1 aliphatic rings. The molecule has 0 fully saturated rings. The van der Waals surface area contributed by atoms with Gasteiger partial charge in [-0.05, 0) is 0 Å². The molecular weight excluding hydrogens is 318 g/mol. The fourth-order valence-corrected chi connectivity index (χ4v) is 3.06. The number of allylic oxidation sites excluding steroid dienone is 2. The number of aromatic nitrogens is 7. The van der Waals surface area contributed by atoms with Gasteiger partial charge in [0.25, 0.3) is 5.56 Å². The van der Waals surface area contributed by atoms with Gasteiger partial charge in [-0.1, -0.05) is 42.5 Å². The molecule has 0 unspecified atom stereocenters. The van der Waals surface area contributed by atoms with Crippen LogP contribution in [0.5, 0.6) is 0 Å². The van der Waals surface area contributed by atoms with E-state index in [0.29, 0.717) is 35.8 Å². The lowest BCUT2D eigenvalue weighted by atomic mass is 10.2. The van der Waals surface area contributed by atoms with Crippen LogP contribution in [-0.4, -0.2) is 34.5 Å². The molecule has 0 bridgehead atoms. The molecule has 1 aliphatic heterocycles. The van der Waals surface area contributed by atoms with E-state index in [9.17, 15) is 4.79 Å². The Morgan fingerprint density at radius 1 is 1.08 bits per heavy atom. The minimum absolute atomic E-state index is 0.220. The third kappa shape index (κ3) is 2.04. The quantitative estimate of drug-likeness (QED) is 0.562. The molecule has 0 saturated carbocycles. The predicted octanol–water partition coefficient (Wildman–Crippen LogP) is 1.48. The molecule has 0 atom stereocenters. The second-order valence-electron chi connectivity index (χ2n) is 5.78. The van der Waals surface area contributed by atoms with Crippen LogP contribution in [0.3, 0.4) is 0 Å². The van der Waals surface area contributed by atoms with Gasteiger partial charge in [-0.2, -0.15) is 5.10 Å². The minimum Gasteiger partial charge on any atom is -0.292 e. The van der Waals surface area contributed by atoms with Gasteiger partial charge in [0.15, 0.2) is 11.5 Å². The average molecular weight is 331 g/mol. The van der Waals surface area contributed by atoms with Gasteiger partial charge in [0, 0.05) is 18.5 Å². The van der Waals surface area contributed by atoms with Crippen molar-refractivity contribution in [1.29, 1.82) is 0 Å². The lowest BCUT2D eigenvalue weighted by Crippen LogP contribution is -2.25.